The molecule has 0 aliphatic heterocycles. The molecule has 6 atom stereocenters. The van der Waals surface area contributed by atoms with Crippen molar-refractivity contribution in [2.45, 2.75) is 440 Å². The summed E-state index contributed by atoms with van der Waals surface area (Å²) >= 11 is 0. The van der Waals surface area contributed by atoms with Crippen molar-refractivity contribution < 1.29 is 80.2 Å². The molecule has 101 heavy (non-hydrogen) atoms. The van der Waals surface area contributed by atoms with Gasteiger partial charge in [-0.05, 0) is 49.4 Å². The third-order valence-corrected chi connectivity index (χ3v) is 21.3. The van der Waals surface area contributed by atoms with Crippen LogP contribution in [0.25, 0.3) is 0 Å². The summed E-state index contributed by atoms with van der Waals surface area (Å²) in [5.41, 5.74) is 0. The second-order valence-electron chi connectivity index (χ2n) is 31.2. The van der Waals surface area contributed by atoms with Gasteiger partial charge in [0.1, 0.15) is 19.3 Å². The number of aliphatic hydroxyl groups is 1. The van der Waals surface area contributed by atoms with Crippen molar-refractivity contribution in [3.63, 3.8) is 0 Å². The lowest BCUT2D eigenvalue weighted by molar-refractivity contribution is -0.161. The number of phosphoric acid groups is 2. The highest BCUT2D eigenvalue weighted by atomic mass is 31.2. The lowest BCUT2D eigenvalue weighted by Gasteiger charge is -2.21. The van der Waals surface area contributed by atoms with Crippen molar-refractivity contribution in [1.82, 2.24) is 0 Å². The third kappa shape index (κ3) is 74.7. The average molecular weight is 1480 g/mol. The molecule has 0 aromatic heterocycles. The van der Waals surface area contributed by atoms with Crippen LogP contribution in [0.3, 0.4) is 0 Å². The molecule has 0 aromatic rings. The molecule has 0 aliphatic rings. The predicted octanol–water partition coefficient (Wildman–Crippen LogP) is 24.4. The zero-order valence-electron chi connectivity index (χ0n) is 66.5. The number of ether oxygens (including phenoxy) is 4. The number of carbonyl (C=O) groups is 4. The van der Waals surface area contributed by atoms with Crippen LogP contribution in [0.1, 0.15) is 421 Å². The van der Waals surface area contributed by atoms with Gasteiger partial charge in [0.25, 0.3) is 0 Å². The van der Waals surface area contributed by atoms with E-state index < -0.39 is 97.5 Å². The van der Waals surface area contributed by atoms with E-state index in [1.54, 1.807) is 0 Å². The Kier molecular flexibility index (Phi) is 69.6. The van der Waals surface area contributed by atoms with E-state index in [9.17, 15) is 43.2 Å². The van der Waals surface area contributed by atoms with Gasteiger partial charge in [-0.3, -0.25) is 37.3 Å². The molecule has 0 aromatic carbocycles. The summed E-state index contributed by atoms with van der Waals surface area (Å²) < 4.78 is 68.7. The number of unbranched alkanes of at least 4 members (excludes halogenated alkanes) is 44. The molecule has 0 heterocycles. The van der Waals surface area contributed by atoms with Gasteiger partial charge in [-0.15, -0.1) is 0 Å². The number of carbonyl (C=O) groups excluding carboxylic acids is 4. The average Bonchev–Trinajstić information content (AvgIpc) is 1.08. The number of aliphatic hydroxyl groups excluding tert-OH is 1. The molecular formula is C82H160O17P2. The summed E-state index contributed by atoms with van der Waals surface area (Å²) in [5, 5.41) is 10.6. The van der Waals surface area contributed by atoms with Crippen LogP contribution in [0.4, 0.5) is 0 Å². The highest BCUT2D eigenvalue weighted by Gasteiger charge is 2.30. The molecule has 0 aliphatic carbocycles. The largest absolute Gasteiger partial charge is 0.472 e. The Morgan fingerprint density at radius 2 is 0.475 bits per heavy atom. The van der Waals surface area contributed by atoms with Crippen LogP contribution in [0, 0.1) is 23.7 Å². The van der Waals surface area contributed by atoms with Crippen LogP contribution >= 0.6 is 15.6 Å². The van der Waals surface area contributed by atoms with Crippen LogP contribution < -0.4 is 0 Å². The third-order valence-electron chi connectivity index (χ3n) is 19.4. The van der Waals surface area contributed by atoms with Gasteiger partial charge in [-0.1, -0.05) is 370 Å². The summed E-state index contributed by atoms with van der Waals surface area (Å²) in [6.07, 6.45) is 58.3. The van der Waals surface area contributed by atoms with Crippen LogP contribution in [0.5, 0.6) is 0 Å². The summed E-state index contributed by atoms with van der Waals surface area (Å²) in [6, 6.07) is 0. The highest BCUT2D eigenvalue weighted by Crippen LogP contribution is 2.45. The molecule has 17 nitrogen and oxygen atoms in total. The molecule has 0 spiro atoms. The normalized spacial score (nSPS) is 14.3. The molecular weight excluding hydrogens is 1320 g/mol. The van der Waals surface area contributed by atoms with Crippen LogP contribution in [0.15, 0.2) is 0 Å². The molecule has 0 rings (SSSR count). The molecule has 0 bridgehead atoms. The fraction of sp³-hybridized carbons (Fsp3) is 0.951. The zero-order chi connectivity index (χ0) is 74.6. The van der Waals surface area contributed by atoms with Gasteiger partial charge in [-0.25, -0.2) is 9.13 Å². The van der Waals surface area contributed by atoms with Crippen LogP contribution in [-0.4, -0.2) is 96.7 Å². The molecule has 0 amide bonds. The van der Waals surface area contributed by atoms with E-state index in [4.69, 9.17) is 37.0 Å². The number of rotatable bonds is 79. The summed E-state index contributed by atoms with van der Waals surface area (Å²) in [6.45, 7) is 14.3. The quantitative estimate of drug-likeness (QED) is 0.0222. The van der Waals surface area contributed by atoms with Gasteiger partial charge in [0.2, 0.25) is 0 Å². The van der Waals surface area contributed by atoms with E-state index in [1.165, 1.54) is 218 Å². The fourth-order valence-electron chi connectivity index (χ4n) is 12.6. The van der Waals surface area contributed by atoms with Crippen molar-refractivity contribution in [2.75, 3.05) is 39.6 Å². The lowest BCUT2D eigenvalue weighted by Crippen LogP contribution is -2.30. The highest BCUT2D eigenvalue weighted by molar-refractivity contribution is 7.47. The Balaban J connectivity index is 5.24. The van der Waals surface area contributed by atoms with Gasteiger partial charge in [0.15, 0.2) is 12.2 Å². The second-order valence-corrected chi connectivity index (χ2v) is 34.1. The van der Waals surface area contributed by atoms with Crippen LogP contribution in [0.2, 0.25) is 0 Å². The smallest absolute Gasteiger partial charge is 0.462 e. The number of esters is 4. The minimum Gasteiger partial charge on any atom is -0.462 e. The van der Waals surface area contributed by atoms with Crippen molar-refractivity contribution >= 4 is 39.5 Å². The zero-order valence-corrected chi connectivity index (χ0v) is 68.3. The standard InChI is InChI=1S/C82H160O17P2/c1-9-75(8)61-53-45-40-41-47-55-63-80(85)93-69-78(99-82(87)65-57-49-39-33-27-21-24-30-36-44-52-60-74(6)7)71-97-101(90,91)95-67-76(83)66-94-100(88,89)96-70-77(98-81(86)64-56-48-38-32-26-20-16-12-14-18-23-29-35-43-51-59-73(4)5)68-92-79(84)62-54-46-37-31-25-19-15-11-10-13-17-22-28-34-42-50-58-72(2)3/h72-78,83H,9-71H2,1-8H3,(H,88,89)(H,90,91)/t75?,76-,77-,78-/m1/s1. The van der Waals surface area contributed by atoms with Gasteiger partial charge in [-0.2, -0.15) is 0 Å². The first-order valence-corrected chi connectivity index (χ1v) is 45.2. The fourth-order valence-corrected chi connectivity index (χ4v) is 14.2. The Bertz CT molecular complexity index is 1970. The maximum Gasteiger partial charge on any atom is 0.472 e. The Hall–Kier alpha value is -1.94. The van der Waals surface area contributed by atoms with Gasteiger partial charge < -0.3 is 33.8 Å². The Labute approximate surface area is 619 Å². The maximum absolute atomic E-state index is 13.1. The Morgan fingerprint density at radius 3 is 0.703 bits per heavy atom. The van der Waals surface area contributed by atoms with Crippen molar-refractivity contribution in [3.8, 4) is 0 Å². The topological polar surface area (TPSA) is 237 Å². The molecule has 0 radical (unpaired) electrons. The predicted molar refractivity (Wildman–Crippen MR) is 414 cm³/mol. The first-order valence-electron chi connectivity index (χ1n) is 42.2. The minimum atomic E-state index is -4.96. The number of hydrogen-bond acceptors (Lipinski definition) is 15. The molecule has 600 valence electrons. The van der Waals surface area contributed by atoms with Gasteiger partial charge >= 0.3 is 39.5 Å². The van der Waals surface area contributed by atoms with Crippen molar-refractivity contribution in [2.24, 2.45) is 23.7 Å². The van der Waals surface area contributed by atoms with Crippen molar-refractivity contribution in [3.05, 3.63) is 0 Å². The van der Waals surface area contributed by atoms with Crippen LogP contribution in [-0.2, 0) is 65.4 Å². The SMILES string of the molecule is CCC(C)CCCCCCCCC(=O)OC[C@H](COP(=O)(O)OC[C@H](O)COP(=O)(O)OC[C@@H](COC(=O)CCCCCCCCCCCCCCCCCCC(C)C)OC(=O)CCCCCCCCCCCCCCCCCC(C)C)OC(=O)CCCCCCCCCCCCCC(C)C. The van der Waals surface area contributed by atoms with Gasteiger partial charge in [0, 0.05) is 25.7 Å². The van der Waals surface area contributed by atoms with Crippen molar-refractivity contribution in [1.29, 1.82) is 0 Å². The Morgan fingerprint density at radius 1 is 0.277 bits per heavy atom. The van der Waals surface area contributed by atoms with E-state index in [0.717, 1.165) is 120 Å². The lowest BCUT2D eigenvalue weighted by atomic mass is 10.00. The van der Waals surface area contributed by atoms with E-state index in [2.05, 4.69) is 55.4 Å². The first kappa shape index (κ1) is 99.1. The van der Waals surface area contributed by atoms with E-state index in [0.29, 0.717) is 25.7 Å². The van der Waals surface area contributed by atoms with E-state index in [-0.39, 0.29) is 25.7 Å². The summed E-state index contributed by atoms with van der Waals surface area (Å²) in [5.74, 6) is 0.998. The van der Waals surface area contributed by atoms with Gasteiger partial charge in [0.05, 0.1) is 26.4 Å². The molecule has 0 saturated heterocycles. The molecule has 0 saturated carbocycles. The number of phosphoric ester groups is 2. The summed E-state index contributed by atoms with van der Waals surface area (Å²) in [7, 11) is -9.92. The maximum atomic E-state index is 13.1. The summed E-state index contributed by atoms with van der Waals surface area (Å²) in [4.78, 5) is 73.1. The molecule has 3 N–H and O–H groups in total. The molecule has 3 unspecified atom stereocenters. The van der Waals surface area contributed by atoms with E-state index >= 15 is 0 Å². The second kappa shape index (κ2) is 71.0. The monoisotopic (exact) mass is 1480 g/mol. The first-order chi connectivity index (χ1) is 48.6. The van der Waals surface area contributed by atoms with E-state index in [1.807, 2.05) is 0 Å². The molecule has 0 fully saturated rings. The molecule has 19 heteroatoms. The minimum absolute atomic E-state index is 0.105. The number of hydrogen-bond donors (Lipinski definition) is 3.